The summed E-state index contributed by atoms with van der Waals surface area (Å²) >= 11 is 0. The van der Waals surface area contributed by atoms with Crippen molar-refractivity contribution in [3.63, 3.8) is 0 Å². The van der Waals surface area contributed by atoms with E-state index in [1.807, 2.05) is 65.8 Å². The number of ether oxygens (including phenoxy) is 1. The van der Waals surface area contributed by atoms with E-state index in [-0.39, 0.29) is 11.8 Å². The fraction of sp³-hybridized carbons (Fsp3) is 0.462. The number of amides is 1. The Morgan fingerprint density at radius 2 is 1.56 bits per heavy atom. The zero-order valence-corrected chi connectivity index (χ0v) is 22.0. The van der Waals surface area contributed by atoms with E-state index in [4.69, 9.17) is 4.74 Å². The van der Waals surface area contributed by atoms with Crippen LogP contribution >= 0.6 is 0 Å². The Labute approximate surface area is 203 Å². The normalized spacial score (nSPS) is 15.9. The van der Waals surface area contributed by atoms with Gasteiger partial charge < -0.3 is 4.74 Å². The lowest BCUT2D eigenvalue weighted by Crippen LogP contribution is -2.42. The highest BCUT2D eigenvalue weighted by Gasteiger charge is 2.34. The molecule has 0 unspecified atom stereocenters. The van der Waals surface area contributed by atoms with Gasteiger partial charge in [-0.05, 0) is 94.3 Å². The van der Waals surface area contributed by atoms with Crippen LogP contribution in [0.2, 0.25) is 0 Å². The maximum absolute atomic E-state index is 13.5. The molecule has 184 valence electrons. The smallest absolute Gasteiger partial charge is 0.243 e. The van der Waals surface area contributed by atoms with Gasteiger partial charge in [0, 0.05) is 24.6 Å². The number of nitrogens with zero attached hydrogens (tertiary/aromatic N) is 2. The molecule has 0 atom stereocenters. The van der Waals surface area contributed by atoms with Crippen LogP contribution in [0, 0.1) is 40.5 Å². The predicted octanol–water partition coefficient (Wildman–Crippen LogP) is 4.18. The maximum Gasteiger partial charge on any atom is 0.243 e. The number of hydrazone groups is 1. The SMILES string of the molecule is COc1cccc(C(C)=NNC(=O)C2CCN(S(=O)(=O)c3c(C)c(C)c(C)c(C)c3C)CC2)c1. The number of carbonyl (C=O) groups excluding carboxylic acids is 1. The zero-order valence-electron chi connectivity index (χ0n) is 21.2. The van der Waals surface area contributed by atoms with Gasteiger partial charge in [-0.2, -0.15) is 9.41 Å². The number of carbonyl (C=O) groups is 1. The van der Waals surface area contributed by atoms with Crippen molar-refractivity contribution in [2.45, 2.75) is 59.3 Å². The molecule has 7 nitrogen and oxygen atoms in total. The third-order valence-corrected chi connectivity index (χ3v) is 9.35. The molecule has 1 N–H and O–H groups in total. The van der Waals surface area contributed by atoms with Crippen LogP contribution in [-0.2, 0) is 14.8 Å². The Hall–Kier alpha value is -2.71. The number of benzene rings is 2. The fourth-order valence-corrected chi connectivity index (χ4v) is 6.51. The van der Waals surface area contributed by atoms with Gasteiger partial charge in [0.25, 0.3) is 0 Å². The summed E-state index contributed by atoms with van der Waals surface area (Å²) < 4.78 is 33.8. The Bertz CT molecular complexity index is 1200. The van der Waals surface area contributed by atoms with E-state index in [0.717, 1.165) is 39.1 Å². The molecule has 0 saturated carbocycles. The molecule has 0 aliphatic carbocycles. The Morgan fingerprint density at radius 3 is 2.12 bits per heavy atom. The Morgan fingerprint density at radius 1 is 1.00 bits per heavy atom. The average molecular weight is 486 g/mol. The van der Waals surface area contributed by atoms with Gasteiger partial charge in [-0.3, -0.25) is 4.79 Å². The van der Waals surface area contributed by atoms with Crippen molar-refractivity contribution in [1.82, 2.24) is 9.73 Å². The first-order valence-corrected chi connectivity index (χ1v) is 13.0. The van der Waals surface area contributed by atoms with Gasteiger partial charge >= 0.3 is 0 Å². The lowest BCUT2D eigenvalue weighted by molar-refractivity contribution is -0.126. The molecule has 1 aliphatic heterocycles. The highest BCUT2D eigenvalue weighted by molar-refractivity contribution is 7.89. The topological polar surface area (TPSA) is 88.1 Å². The number of rotatable bonds is 6. The highest BCUT2D eigenvalue weighted by Crippen LogP contribution is 2.33. The van der Waals surface area contributed by atoms with Crippen LogP contribution in [-0.4, -0.2) is 44.5 Å². The monoisotopic (exact) mass is 485 g/mol. The summed E-state index contributed by atoms with van der Waals surface area (Å²) in [6.45, 7) is 12.2. The molecule has 0 spiro atoms. The quantitative estimate of drug-likeness (QED) is 0.491. The third kappa shape index (κ3) is 5.03. The molecular weight excluding hydrogens is 450 g/mol. The minimum Gasteiger partial charge on any atom is -0.497 e. The van der Waals surface area contributed by atoms with Crippen LogP contribution in [0.4, 0.5) is 0 Å². The van der Waals surface area contributed by atoms with Crippen molar-refractivity contribution in [3.8, 4) is 5.75 Å². The zero-order chi connectivity index (χ0) is 25.2. The van der Waals surface area contributed by atoms with E-state index < -0.39 is 10.0 Å². The van der Waals surface area contributed by atoms with Crippen LogP contribution in [0.3, 0.4) is 0 Å². The molecule has 1 saturated heterocycles. The minimum atomic E-state index is -3.64. The summed E-state index contributed by atoms with van der Waals surface area (Å²) in [5.41, 5.74) is 8.96. The Kier molecular flexibility index (Phi) is 7.83. The second-order valence-corrected chi connectivity index (χ2v) is 10.9. The van der Waals surface area contributed by atoms with E-state index in [1.54, 1.807) is 7.11 Å². The largest absolute Gasteiger partial charge is 0.497 e. The van der Waals surface area contributed by atoms with Gasteiger partial charge in [0.2, 0.25) is 15.9 Å². The van der Waals surface area contributed by atoms with Gasteiger partial charge in [0.1, 0.15) is 5.75 Å². The molecule has 1 heterocycles. The van der Waals surface area contributed by atoms with Gasteiger partial charge in [-0.1, -0.05) is 12.1 Å². The molecule has 8 heteroatoms. The molecular formula is C26H35N3O4S. The summed E-state index contributed by atoms with van der Waals surface area (Å²) in [6, 6.07) is 7.47. The summed E-state index contributed by atoms with van der Waals surface area (Å²) in [6.07, 6.45) is 0.918. The lowest BCUT2D eigenvalue weighted by Gasteiger charge is -2.31. The Balaban J connectivity index is 1.69. The second-order valence-electron chi connectivity index (χ2n) is 9.04. The van der Waals surface area contributed by atoms with Gasteiger partial charge in [-0.25, -0.2) is 13.8 Å². The minimum absolute atomic E-state index is 0.186. The molecule has 0 radical (unpaired) electrons. The number of sulfonamides is 1. The fourth-order valence-electron chi connectivity index (χ4n) is 4.48. The summed E-state index contributed by atoms with van der Waals surface area (Å²) in [5.74, 6) is 0.252. The number of methoxy groups -OCH3 is 1. The van der Waals surface area contributed by atoms with E-state index in [9.17, 15) is 13.2 Å². The van der Waals surface area contributed by atoms with Crippen LogP contribution in [0.5, 0.6) is 5.75 Å². The van der Waals surface area contributed by atoms with Crippen molar-refractivity contribution < 1.29 is 17.9 Å². The average Bonchev–Trinajstić information content (AvgIpc) is 2.84. The van der Waals surface area contributed by atoms with Gasteiger partial charge in [-0.15, -0.1) is 0 Å². The van der Waals surface area contributed by atoms with Crippen LogP contribution in [0.25, 0.3) is 0 Å². The van der Waals surface area contributed by atoms with Crippen LogP contribution in [0.1, 0.15) is 53.1 Å². The van der Waals surface area contributed by atoms with Crippen molar-refractivity contribution in [2.24, 2.45) is 11.0 Å². The first-order chi connectivity index (χ1) is 16.0. The number of piperidine rings is 1. The van der Waals surface area contributed by atoms with Crippen molar-refractivity contribution >= 4 is 21.6 Å². The van der Waals surface area contributed by atoms with Crippen LogP contribution in [0.15, 0.2) is 34.3 Å². The molecule has 1 aliphatic rings. The van der Waals surface area contributed by atoms with Gasteiger partial charge in [0.05, 0.1) is 17.7 Å². The summed E-state index contributed by atoms with van der Waals surface area (Å²) in [4.78, 5) is 13.1. The second kappa shape index (κ2) is 10.3. The maximum atomic E-state index is 13.5. The van der Waals surface area contributed by atoms with E-state index in [2.05, 4.69) is 10.5 Å². The molecule has 0 aromatic heterocycles. The molecule has 0 bridgehead atoms. The molecule has 2 aromatic rings. The summed E-state index contributed by atoms with van der Waals surface area (Å²) in [7, 11) is -2.04. The van der Waals surface area contributed by atoms with Crippen molar-refractivity contribution in [1.29, 1.82) is 0 Å². The summed E-state index contributed by atoms with van der Waals surface area (Å²) in [5, 5.41) is 4.24. The molecule has 34 heavy (non-hydrogen) atoms. The highest BCUT2D eigenvalue weighted by atomic mass is 32.2. The first kappa shape index (κ1) is 25.9. The molecule has 1 amide bonds. The van der Waals surface area contributed by atoms with Crippen molar-refractivity contribution in [3.05, 3.63) is 57.6 Å². The third-order valence-electron chi connectivity index (χ3n) is 7.18. The van der Waals surface area contributed by atoms with E-state index in [1.165, 1.54) is 4.31 Å². The van der Waals surface area contributed by atoms with Crippen LogP contribution < -0.4 is 10.2 Å². The molecule has 2 aromatic carbocycles. The molecule has 3 rings (SSSR count). The standard InChI is InChI=1S/C26H35N3O4S/c1-16-17(2)19(4)25(20(5)18(16)3)34(31,32)29-13-11-22(12-14-29)26(30)28-27-21(6)23-9-8-10-24(15-23)33-7/h8-10,15,22H,11-14H2,1-7H3,(H,28,30). The predicted molar refractivity (Wildman–Crippen MR) is 135 cm³/mol. The number of hydrogen-bond acceptors (Lipinski definition) is 5. The van der Waals surface area contributed by atoms with E-state index >= 15 is 0 Å². The number of nitrogens with one attached hydrogen (secondary N) is 1. The number of hydrogen-bond donors (Lipinski definition) is 1. The lowest BCUT2D eigenvalue weighted by atomic mass is 9.95. The van der Waals surface area contributed by atoms with Crippen molar-refractivity contribution in [2.75, 3.05) is 20.2 Å². The first-order valence-electron chi connectivity index (χ1n) is 11.5. The van der Waals surface area contributed by atoms with E-state index in [0.29, 0.717) is 36.5 Å². The van der Waals surface area contributed by atoms with Gasteiger partial charge in [0.15, 0.2) is 0 Å². The molecule has 1 fully saturated rings.